The van der Waals surface area contributed by atoms with E-state index in [0.29, 0.717) is 5.41 Å². The Bertz CT molecular complexity index is 3130. The molecular weight excluding hydrogens is 1130 g/mol. The van der Waals surface area contributed by atoms with Crippen LogP contribution in [-0.4, -0.2) is 89.4 Å². The van der Waals surface area contributed by atoms with E-state index in [0.717, 1.165) is 54.8 Å². The zero-order valence-corrected chi connectivity index (χ0v) is 64.4. The molecule has 0 radical (unpaired) electrons. The van der Waals surface area contributed by atoms with E-state index < -0.39 is 0 Å². The number of imidazole rings is 2. The molecule has 14 nitrogen and oxygen atoms in total. The molecule has 0 saturated carbocycles. The van der Waals surface area contributed by atoms with Crippen molar-refractivity contribution in [2.45, 2.75) is 277 Å². The maximum atomic E-state index is 10.6. The molecule has 0 spiro atoms. The lowest BCUT2D eigenvalue weighted by molar-refractivity contribution is -0.142. The van der Waals surface area contributed by atoms with Crippen molar-refractivity contribution in [2.24, 2.45) is 54.1 Å². The van der Waals surface area contributed by atoms with Crippen LogP contribution in [0, 0.1) is 54.8 Å². The summed E-state index contributed by atoms with van der Waals surface area (Å²) >= 11 is 0. The van der Waals surface area contributed by atoms with E-state index in [2.05, 4.69) is 286 Å². The molecule has 0 aromatic carbocycles. The van der Waals surface area contributed by atoms with Gasteiger partial charge >= 0.3 is 5.97 Å². The lowest BCUT2D eigenvalue weighted by Gasteiger charge is -2.23. The number of aliphatic imine (C=N–C) groups is 4. The fourth-order valence-corrected chi connectivity index (χ4v) is 9.38. The van der Waals surface area contributed by atoms with E-state index in [1.54, 1.807) is 6.26 Å². The number of hydrogen-bond donors (Lipinski definition) is 2. The van der Waals surface area contributed by atoms with Gasteiger partial charge in [0.1, 0.15) is 24.0 Å². The van der Waals surface area contributed by atoms with Gasteiger partial charge in [0.15, 0.2) is 0 Å². The predicted molar refractivity (Wildman–Crippen MR) is 391 cm³/mol. The highest BCUT2D eigenvalue weighted by atomic mass is 16.5. The molecule has 0 saturated heterocycles. The standard InChI is InChI=1S/C9H16N2.4C9H15N.2C8H14N2.C8H13NO.C8H12O2/c1-7-10-6-8(11(7)5)9(2,3)4;1-7-5-8(6-10-7)9(2,3)4;2*1-7-8(5-6-10-7)9(2,3)4;1-7-5-6-8(10-7)9(2,3)4;1-6-9-5-7(10-6)8(2,3)4;1-6-5-7(10-9-6)8(2,3)4;1-6-7(5-10-9-6)8(2,3)4;1-8(2,3)6-4-5-7(9)10-6/h6H,1-5H3;3*5H,6H2,1-4H3;6H,5H2,1-4H3;2*5H,1-4H3,(H,9,10);5H,1-4H3;4-6H,1-3H3. The van der Waals surface area contributed by atoms with E-state index in [4.69, 9.17) is 9.26 Å². The van der Waals surface area contributed by atoms with Crippen LogP contribution in [0.2, 0.25) is 0 Å². The maximum absolute atomic E-state index is 10.6. The maximum Gasteiger partial charge on any atom is 0.331 e. The van der Waals surface area contributed by atoms with Crippen LogP contribution >= 0.6 is 0 Å². The third kappa shape index (κ3) is 30.3. The molecule has 0 aliphatic carbocycles. The van der Waals surface area contributed by atoms with Gasteiger partial charge in [-0.2, -0.15) is 5.10 Å². The SMILES string of the molecule is CC(C)(C)C1C=CC(=O)O1.CC1=NC(C(C)(C)C)=CC1.CC1=NCC(C(C)(C)C)=C1.CC1=NCC=C1C(C)(C)C.CC1=NCC=C1C(C)(C)C.Cc1cc(C(C)(C)C)n[nH]1.Cc1ncc(C(C)(C)C)[nH]1.Cc1ncc(C(C)(C)C)n1C.Cc1nocc1C(C)(C)C. The van der Waals surface area contributed by atoms with Crippen molar-refractivity contribution in [3.05, 3.63) is 129 Å². The van der Waals surface area contributed by atoms with Gasteiger partial charge in [-0.15, -0.1) is 0 Å². The first kappa shape index (κ1) is 82.7. The first-order valence-electron chi connectivity index (χ1n) is 32.7. The molecule has 2 N–H and O–H groups in total. The van der Waals surface area contributed by atoms with Gasteiger partial charge in [-0.25, -0.2) is 14.8 Å². The Hall–Kier alpha value is -6.31. The van der Waals surface area contributed by atoms with Gasteiger partial charge < -0.3 is 18.8 Å². The second-order valence-corrected chi connectivity index (χ2v) is 33.8. The van der Waals surface area contributed by atoms with Crippen LogP contribution in [0.3, 0.4) is 0 Å². The number of esters is 1. The number of aromatic nitrogens is 7. The van der Waals surface area contributed by atoms with E-state index in [-0.39, 0.29) is 55.4 Å². The quantitative estimate of drug-likeness (QED) is 0.165. The minimum absolute atomic E-state index is 0.0304. The smallest absolute Gasteiger partial charge is 0.331 e. The average molecular weight is 1260 g/mol. The number of cyclic esters (lactones) is 1. The Kier molecular flexibility index (Phi) is 30.4. The van der Waals surface area contributed by atoms with Crippen LogP contribution in [0.5, 0.6) is 0 Å². The first-order chi connectivity index (χ1) is 41.0. The fourth-order valence-electron chi connectivity index (χ4n) is 9.38. The summed E-state index contributed by atoms with van der Waals surface area (Å²) in [6.07, 6.45) is 18.7. The Labute approximate surface area is 554 Å². The van der Waals surface area contributed by atoms with Gasteiger partial charge in [-0.3, -0.25) is 25.1 Å². The summed E-state index contributed by atoms with van der Waals surface area (Å²) in [6, 6.07) is 2.08. The number of carbonyl (C=O) groups excluding carboxylic acids is 1. The Morgan fingerprint density at radius 2 is 1.11 bits per heavy atom. The van der Waals surface area contributed by atoms with E-state index in [9.17, 15) is 4.79 Å². The van der Waals surface area contributed by atoms with E-state index in [1.807, 2.05) is 66.9 Å². The van der Waals surface area contributed by atoms with Crippen molar-refractivity contribution >= 4 is 28.8 Å². The molecule has 0 bridgehead atoms. The molecule has 4 aromatic rings. The molecule has 1 unspecified atom stereocenters. The van der Waals surface area contributed by atoms with Crippen molar-refractivity contribution in [1.82, 2.24) is 34.9 Å². The molecule has 5 aliphatic heterocycles. The molecule has 0 fully saturated rings. The van der Waals surface area contributed by atoms with Crippen LogP contribution in [-0.2, 0) is 38.2 Å². The van der Waals surface area contributed by atoms with Gasteiger partial charge in [0, 0.05) is 110 Å². The number of nitrogens with one attached hydrogen (secondary N) is 2. The Balaban J connectivity index is 0.000000512. The van der Waals surface area contributed by atoms with Crippen LogP contribution in [0.1, 0.15) is 267 Å². The highest BCUT2D eigenvalue weighted by molar-refractivity contribution is 6.01. The summed E-state index contributed by atoms with van der Waals surface area (Å²) < 4.78 is 11.9. The number of carbonyl (C=O) groups is 1. The number of rotatable bonds is 0. The van der Waals surface area contributed by atoms with Gasteiger partial charge in [0.25, 0.3) is 0 Å². The fraction of sp³-hybridized carbons (Fsp3) is 0.649. The number of allylic oxidation sites excluding steroid dienone is 5. The normalized spacial score (nSPS) is 16.4. The summed E-state index contributed by atoms with van der Waals surface area (Å²) in [6.45, 7) is 77.7. The van der Waals surface area contributed by atoms with Gasteiger partial charge in [0.05, 0.1) is 31.0 Å². The predicted octanol–water partition coefficient (Wildman–Crippen LogP) is 19.9. The number of nitrogens with zero attached hydrogens (tertiary/aromatic N) is 9. The highest BCUT2D eigenvalue weighted by Crippen LogP contribution is 2.33. The molecule has 14 heteroatoms. The molecule has 5 aliphatic rings. The number of hydrogen-bond acceptors (Lipinski definition) is 11. The lowest BCUT2D eigenvalue weighted by Crippen LogP contribution is -2.25. The largest absolute Gasteiger partial charge is 0.454 e. The van der Waals surface area contributed by atoms with Crippen LogP contribution in [0.25, 0.3) is 0 Å². The Morgan fingerprint density at radius 3 is 1.29 bits per heavy atom. The molecular formula is C77H129N11O3. The molecule has 0 amide bonds. The average Bonchev–Trinajstić information content (AvgIpc) is 1.92. The Morgan fingerprint density at radius 1 is 0.582 bits per heavy atom. The summed E-state index contributed by atoms with van der Waals surface area (Å²) in [4.78, 5) is 39.5. The lowest BCUT2D eigenvalue weighted by atomic mass is 9.84. The molecule has 9 rings (SSSR count). The third-order valence-corrected chi connectivity index (χ3v) is 15.2. The van der Waals surface area contributed by atoms with Crippen LogP contribution < -0.4 is 0 Å². The van der Waals surface area contributed by atoms with Crippen molar-refractivity contribution in [3.8, 4) is 0 Å². The van der Waals surface area contributed by atoms with Gasteiger partial charge in [-0.1, -0.05) is 210 Å². The molecule has 91 heavy (non-hydrogen) atoms. The minimum atomic E-state index is -0.222. The minimum Gasteiger partial charge on any atom is -0.454 e. The summed E-state index contributed by atoms with van der Waals surface area (Å²) in [5.41, 5.74) is 19.1. The highest BCUT2D eigenvalue weighted by Gasteiger charge is 2.29. The van der Waals surface area contributed by atoms with Crippen LogP contribution in [0.4, 0.5) is 0 Å². The zero-order valence-electron chi connectivity index (χ0n) is 64.4. The summed E-state index contributed by atoms with van der Waals surface area (Å²) in [5.74, 6) is 1.85. The summed E-state index contributed by atoms with van der Waals surface area (Å²) in [5, 5.41) is 10.9. The van der Waals surface area contributed by atoms with Gasteiger partial charge in [-0.05, 0) is 112 Å². The summed E-state index contributed by atoms with van der Waals surface area (Å²) in [7, 11) is 2.06. The van der Waals surface area contributed by atoms with Crippen molar-refractivity contribution in [3.63, 3.8) is 0 Å². The van der Waals surface area contributed by atoms with Crippen molar-refractivity contribution in [1.29, 1.82) is 0 Å². The van der Waals surface area contributed by atoms with E-state index in [1.165, 1.54) is 68.3 Å². The van der Waals surface area contributed by atoms with Gasteiger partial charge in [0.2, 0.25) is 0 Å². The van der Waals surface area contributed by atoms with Crippen molar-refractivity contribution < 1.29 is 14.1 Å². The topological polar surface area (TPSA) is 177 Å². The molecule has 4 aromatic heterocycles. The van der Waals surface area contributed by atoms with E-state index >= 15 is 0 Å². The van der Waals surface area contributed by atoms with Crippen molar-refractivity contribution in [2.75, 3.05) is 19.6 Å². The number of aromatic amines is 2. The third-order valence-electron chi connectivity index (χ3n) is 15.2. The molecule has 9 heterocycles. The van der Waals surface area contributed by atoms with Crippen LogP contribution in [0.15, 0.2) is 108 Å². The second kappa shape index (κ2) is 33.5. The number of ether oxygens (including phenoxy) is 1. The second-order valence-electron chi connectivity index (χ2n) is 33.8. The number of H-pyrrole nitrogens is 2. The monoisotopic (exact) mass is 1260 g/mol. The molecule has 1 atom stereocenters. The zero-order chi connectivity index (χ0) is 70.9. The molecule has 510 valence electrons. The first-order valence-corrected chi connectivity index (χ1v) is 32.7. The number of aryl methyl sites for hydroxylation is 4.